The van der Waals surface area contributed by atoms with Gasteiger partial charge in [-0.1, -0.05) is 42.1 Å². The van der Waals surface area contributed by atoms with Crippen molar-refractivity contribution in [2.24, 2.45) is 10.1 Å². The second-order valence-corrected chi connectivity index (χ2v) is 8.19. The molecular formula is C19H13N5O3S2. The third-order valence-corrected chi connectivity index (χ3v) is 6.17. The quantitative estimate of drug-likeness (QED) is 0.450. The molecule has 4 rings (SSSR count). The number of carbonyl (C=O) groups excluding carboxylic acids is 1. The molecule has 144 valence electrons. The lowest BCUT2D eigenvalue weighted by atomic mass is 10.1. The zero-order chi connectivity index (χ0) is 20.4. The van der Waals surface area contributed by atoms with Crippen LogP contribution in [0.1, 0.15) is 11.1 Å². The first-order valence-corrected chi connectivity index (χ1v) is 10.2. The van der Waals surface area contributed by atoms with Crippen LogP contribution in [0.5, 0.6) is 0 Å². The number of non-ortho nitro benzene ring substituents is 1. The van der Waals surface area contributed by atoms with Crippen molar-refractivity contribution < 1.29 is 9.72 Å². The molecule has 2 heterocycles. The lowest BCUT2D eigenvalue weighted by Gasteiger charge is -2.20. The molecular weight excluding hydrogens is 410 g/mol. The summed E-state index contributed by atoms with van der Waals surface area (Å²) in [6.07, 6.45) is 1.49. The SMILES string of the molecule is N=C1C(=Cc2ccc([N+](=O)[O-])cc2)C(=O)N=C2SC(SCc3ccccc3)=NN12. The number of fused-ring (bicyclic) bond motifs is 1. The fourth-order valence-electron chi connectivity index (χ4n) is 2.61. The van der Waals surface area contributed by atoms with Crippen molar-refractivity contribution in [1.82, 2.24) is 5.01 Å². The fraction of sp³-hybridized carbons (Fsp3) is 0.0526. The number of nitrogens with zero attached hydrogens (tertiary/aromatic N) is 4. The lowest BCUT2D eigenvalue weighted by molar-refractivity contribution is -0.384. The summed E-state index contributed by atoms with van der Waals surface area (Å²) in [6, 6.07) is 15.7. The highest BCUT2D eigenvalue weighted by molar-refractivity contribution is 8.45. The number of benzene rings is 2. The summed E-state index contributed by atoms with van der Waals surface area (Å²) < 4.78 is 0.710. The van der Waals surface area contributed by atoms with E-state index in [1.54, 1.807) is 0 Å². The first-order chi connectivity index (χ1) is 14.0. The maximum absolute atomic E-state index is 12.4. The lowest BCUT2D eigenvalue weighted by Crippen LogP contribution is -2.35. The molecule has 0 aliphatic carbocycles. The van der Waals surface area contributed by atoms with Crippen LogP contribution < -0.4 is 0 Å². The van der Waals surface area contributed by atoms with Gasteiger partial charge in [0.25, 0.3) is 11.6 Å². The van der Waals surface area contributed by atoms with E-state index in [1.807, 2.05) is 30.3 Å². The topological polar surface area (TPSA) is 112 Å². The Labute approximate surface area is 174 Å². The van der Waals surface area contributed by atoms with Crippen LogP contribution in [-0.2, 0) is 10.5 Å². The Morgan fingerprint density at radius 2 is 1.90 bits per heavy atom. The number of thioether (sulfide) groups is 2. The molecule has 2 aromatic carbocycles. The van der Waals surface area contributed by atoms with Gasteiger partial charge in [-0.25, -0.2) is 0 Å². The van der Waals surface area contributed by atoms with Crippen molar-refractivity contribution in [2.75, 3.05) is 0 Å². The molecule has 0 aromatic heterocycles. The summed E-state index contributed by atoms with van der Waals surface area (Å²) in [4.78, 5) is 26.7. The van der Waals surface area contributed by atoms with Gasteiger partial charge in [0.2, 0.25) is 5.17 Å². The number of carbonyl (C=O) groups is 1. The first-order valence-electron chi connectivity index (χ1n) is 8.42. The van der Waals surface area contributed by atoms with E-state index >= 15 is 0 Å². The van der Waals surface area contributed by atoms with Crippen molar-refractivity contribution >= 4 is 56.6 Å². The highest BCUT2D eigenvalue weighted by Crippen LogP contribution is 2.33. The van der Waals surface area contributed by atoms with Gasteiger partial charge in [-0.3, -0.25) is 20.3 Å². The molecule has 0 bridgehead atoms. The van der Waals surface area contributed by atoms with Crippen molar-refractivity contribution in [3.63, 3.8) is 0 Å². The second kappa shape index (κ2) is 8.02. The smallest absolute Gasteiger partial charge is 0.282 e. The molecule has 10 heteroatoms. The Hall–Kier alpha value is -3.24. The fourth-order valence-corrected chi connectivity index (χ4v) is 4.49. The minimum absolute atomic E-state index is 0.0434. The van der Waals surface area contributed by atoms with Gasteiger partial charge < -0.3 is 0 Å². The second-order valence-electron chi connectivity index (χ2n) is 6.01. The average Bonchev–Trinajstić information content (AvgIpc) is 3.14. The monoisotopic (exact) mass is 423 g/mol. The van der Waals surface area contributed by atoms with Gasteiger partial charge in [-0.2, -0.15) is 10.0 Å². The van der Waals surface area contributed by atoms with Gasteiger partial charge in [0.15, 0.2) is 10.2 Å². The average molecular weight is 423 g/mol. The van der Waals surface area contributed by atoms with Crippen LogP contribution >= 0.6 is 23.5 Å². The first kappa shape index (κ1) is 19.1. The number of hydrazone groups is 1. The van der Waals surface area contributed by atoms with E-state index < -0.39 is 10.8 Å². The highest BCUT2D eigenvalue weighted by Gasteiger charge is 2.35. The maximum atomic E-state index is 12.4. The largest absolute Gasteiger partial charge is 0.283 e. The van der Waals surface area contributed by atoms with E-state index in [9.17, 15) is 14.9 Å². The molecule has 0 fully saturated rings. The number of hydrogen-bond donors (Lipinski definition) is 1. The molecule has 1 amide bonds. The predicted octanol–water partition coefficient (Wildman–Crippen LogP) is 4.10. The van der Waals surface area contributed by atoms with Crippen LogP contribution in [0.15, 0.2) is 70.3 Å². The molecule has 2 aliphatic rings. The van der Waals surface area contributed by atoms with E-state index in [0.717, 1.165) is 11.3 Å². The molecule has 8 nitrogen and oxygen atoms in total. The standard InChI is InChI=1S/C19H13N5O3S2/c20-16-15(10-12-6-8-14(9-7-12)24(26)27)17(25)21-18-23(16)22-19(29-18)28-11-13-4-2-1-3-5-13/h1-10,20H,11H2. The Bertz CT molecular complexity index is 1090. The van der Waals surface area contributed by atoms with Crippen LogP contribution in [0.25, 0.3) is 6.08 Å². The van der Waals surface area contributed by atoms with Crippen LogP contribution in [0, 0.1) is 15.5 Å². The summed E-state index contributed by atoms with van der Waals surface area (Å²) in [5, 5.41) is 25.2. The number of rotatable bonds is 4. The minimum Gasteiger partial charge on any atom is -0.282 e. The molecule has 0 radical (unpaired) electrons. The van der Waals surface area contributed by atoms with Gasteiger partial charge in [-0.05, 0) is 41.1 Å². The zero-order valence-corrected chi connectivity index (χ0v) is 16.4. The van der Waals surface area contributed by atoms with E-state index in [4.69, 9.17) is 5.41 Å². The molecule has 0 saturated heterocycles. The number of amides is 1. The highest BCUT2D eigenvalue weighted by atomic mass is 32.2. The molecule has 0 spiro atoms. The summed E-state index contributed by atoms with van der Waals surface area (Å²) in [5.74, 6) is 0.124. The molecule has 2 aromatic rings. The number of nitrogens with one attached hydrogen (secondary N) is 1. The molecule has 0 saturated carbocycles. The van der Waals surface area contributed by atoms with Crippen molar-refractivity contribution in [3.8, 4) is 0 Å². The Morgan fingerprint density at radius 1 is 1.17 bits per heavy atom. The van der Waals surface area contributed by atoms with Gasteiger partial charge in [-0.15, -0.1) is 5.10 Å². The number of hydrogen-bond acceptors (Lipinski definition) is 7. The van der Waals surface area contributed by atoms with Crippen molar-refractivity contribution in [3.05, 3.63) is 81.4 Å². The van der Waals surface area contributed by atoms with Crippen molar-refractivity contribution in [2.45, 2.75) is 5.75 Å². The van der Waals surface area contributed by atoms with E-state index in [1.165, 1.54) is 58.9 Å². The van der Waals surface area contributed by atoms with Crippen LogP contribution in [0.4, 0.5) is 5.69 Å². The number of aliphatic imine (C=N–C) groups is 1. The Balaban J connectivity index is 1.52. The zero-order valence-electron chi connectivity index (χ0n) is 14.8. The van der Waals surface area contributed by atoms with Gasteiger partial charge in [0.1, 0.15) is 0 Å². The van der Waals surface area contributed by atoms with E-state index in [2.05, 4.69) is 10.1 Å². The van der Waals surface area contributed by atoms with Gasteiger partial charge >= 0.3 is 0 Å². The van der Waals surface area contributed by atoms with Gasteiger partial charge in [0.05, 0.1) is 10.5 Å². The minimum atomic E-state index is -0.531. The molecule has 2 aliphatic heterocycles. The summed E-state index contributed by atoms with van der Waals surface area (Å²) >= 11 is 2.77. The van der Waals surface area contributed by atoms with Gasteiger partial charge in [0, 0.05) is 17.9 Å². The maximum Gasteiger partial charge on any atom is 0.283 e. The Morgan fingerprint density at radius 3 is 2.59 bits per heavy atom. The third kappa shape index (κ3) is 4.13. The van der Waals surface area contributed by atoms with E-state index in [-0.39, 0.29) is 17.1 Å². The molecule has 0 unspecified atom stereocenters. The Kier molecular flexibility index (Phi) is 5.28. The summed E-state index contributed by atoms with van der Waals surface area (Å²) in [6.45, 7) is 0. The summed E-state index contributed by atoms with van der Waals surface area (Å²) in [7, 11) is 0. The normalized spacial score (nSPS) is 17.2. The number of nitro groups is 1. The van der Waals surface area contributed by atoms with Crippen LogP contribution in [-0.4, -0.2) is 31.2 Å². The van der Waals surface area contributed by atoms with Crippen LogP contribution in [0.3, 0.4) is 0 Å². The molecule has 0 atom stereocenters. The predicted molar refractivity (Wildman–Crippen MR) is 116 cm³/mol. The third-order valence-electron chi connectivity index (χ3n) is 4.06. The molecule has 29 heavy (non-hydrogen) atoms. The van der Waals surface area contributed by atoms with Crippen molar-refractivity contribution in [1.29, 1.82) is 5.41 Å². The summed E-state index contributed by atoms with van der Waals surface area (Å²) in [5.41, 5.74) is 1.76. The van der Waals surface area contributed by atoms with E-state index in [0.29, 0.717) is 15.1 Å². The molecule has 1 N–H and O–H groups in total. The number of nitro benzene ring substituents is 1. The number of amidine groups is 2. The van der Waals surface area contributed by atoms with Crippen LogP contribution in [0.2, 0.25) is 0 Å².